The molecule has 16 heavy (non-hydrogen) atoms. The smallest absolute Gasteiger partial charge is 0.256 e. The van der Waals surface area contributed by atoms with E-state index < -0.39 is 0 Å². The van der Waals surface area contributed by atoms with Crippen LogP contribution in [-0.4, -0.2) is 16.5 Å². The van der Waals surface area contributed by atoms with Crippen molar-refractivity contribution in [3.8, 4) is 0 Å². The summed E-state index contributed by atoms with van der Waals surface area (Å²) in [6.45, 7) is 0. The van der Waals surface area contributed by atoms with Crippen molar-refractivity contribution in [2.24, 2.45) is 5.41 Å². The van der Waals surface area contributed by atoms with Crippen LogP contribution in [-0.2, 0) is 0 Å². The van der Waals surface area contributed by atoms with Crippen LogP contribution in [0.5, 0.6) is 0 Å². The maximum absolute atomic E-state index is 5.66. The minimum Gasteiger partial charge on any atom is -0.431 e. The number of para-hydroxylation sites is 2. The number of rotatable bonds is 4. The van der Waals surface area contributed by atoms with Crippen LogP contribution in [0.3, 0.4) is 0 Å². The van der Waals surface area contributed by atoms with Gasteiger partial charge in [0.2, 0.25) is 0 Å². The van der Waals surface area contributed by atoms with E-state index >= 15 is 0 Å². The van der Waals surface area contributed by atoms with E-state index in [1.807, 2.05) is 24.3 Å². The van der Waals surface area contributed by atoms with E-state index in [2.05, 4.69) is 17.6 Å². The Bertz CT molecular complexity index is 471. The fourth-order valence-corrected chi connectivity index (χ4v) is 3.36. The van der Waals surface area contributed by atoms with Crippen molar-refractivity contribution in [3.05, 3.63) is 24.3 Å². The number of nitrogens with zero attached hydrogens (tertiary/aromatic N) is 1. The molecule has 1 aromatic carbocycles. The van der Waals surface area contributed by atoms with Gasteiger partial charge in [0.15, 0.2) is 5.58 Å². The Balaban J connectivity index is 1.74. The predicted molar refractivity (Wildman–Crippen MR) is 70.3 cm³/mol. The predicted octanol–water partition coefficient (Wildman–Crippen LogP) is 3.63. The normalized spacial score (nSPS) is 17.8. The maximum atomic E-state index is 5.66. The van der Waals surface area contributed by atoms with Crippen molar-refractivity contribution in [2.75, 3.05) is 11.5 Å². The first-order valence-electron chi connectivity index (χ1n) is 5.41. The van der Waals surface area contributed by atoms with Gasteiger partial charge < -0.3 is 4.42 Å². The van der Waals surface area contributed by atoms with E-state index in [1.54, 1.807) is 11.8 Å². The van der Waals surface area contributed by atoms with Crippen LogP contribution < -0.4 is 0 Å². The zero-order valence-corrected chi connectivity index (χ0v) is 10.6. The third kappa shape index (κ3) is 1.96. The molecule has 0 bridgehead atoms. The van der Waals surface area contributed by atoms with E-state index in [0.717, 1.165) is 27.8 Å². The Labute approximate surface area is 104 Å². The second-order valence-electron chi connectivity index (χ2n) is 4.39. The lowest BCUT2D eigenvalue weighted by Gasteiger charge is -2.07. The number of oxazole rings is 1. The third-order valence-corrected chi connectivity index (χ3v) is 4.92. The van der Waals surface area contributed by atoms with Gasteiger partial charge in [0.05, 0.1) is 0 Å². The van der Waals surface area contributed by atoms with Crippen LogP contribution in [0, 0.1) is 5.41 Å². The SMILES string of the molecule is SCC1(CSc2nc3ccccc3o2)CC1. The van der Waals surface area contributed by atoms with E-state index in [-0.39, 0.29) is 0 Å². The monoisotopic (exact) mass is 251 g/mol. The first-order chi connectivity index (χ1) is 7.81. The van der Waals surface area contributed by atoms with Crippen molar-refractivity contribution >= 4 is 35.5 Å². The Kier molecular flexibility index (Phi) is 2.64. The first-order valence-corrected chi connectivity index (χ1v) is 7.02. The van der Waals surface area contributed by atoms with Gasteiger partial charge in [-0.3, -0.25) is 0 Å². The van der Waals surface area contributed by atoms with Crippen LogP contribution >= 0.6 is 24.4 Å². The zero-order chi connectivity index (χ0) is 11.0. The molecule has 0 amide bonds. The summed E-state index contributed by atoms with van der Waals surface area (Å²) < 4.78 is 5.66. The van der Waals surface area contributed by atoms with Crippen LogP contribution in [0.2, 0.25) is 0 Å². The molecule has 0 saturated heterocycles. The molecule has 0 spiro atoms. The highest BCUT2D eigenvalue weighted by molar-refractivity contribution is 7.99. The largest absolute Gasteiger partial charge is 0.431 e. The van der Waals surface area contributed by atoms with Gasteiger partial charge in [-0.1, -0.05) is 23.9 Å². The molecule has 1 heterocycles. The average molecular weight is 251 g/mol. The highest BCUT2D eigenvalue weighted by Crippen LogP contribution is 2.49. The zero-order valence-electron chi connectivity index (χ0n) is 8.85. The number of thiol groups is 1. The van der Waals surface area contributed by atoms with Crippen molar-refractivity contribution in [1.82, 2.24) is 4.98 Å². The number of benzene rings is 1. The molecule has 1 aliphatic carbocycles. The van der Waals surface area contributed by atoms with Crippen molar-refractivity contribution in [1.29, 1.82) is 0 Å². The molecule has 0 atom stereocenters. The van der Waals surface area contributed by atoms with Gasteiger partial charge in [0.1, 0.15) is 5.52 Å². The molecule has 2 aromatic rings. The van der Waals surface area contributed by atoms with Crippen LogP contribution in [0.25, 0.3) is 11.1 Å². The lowest BCUT2D eigenvalue weighted by molar-refractivity contribution is 0.488. The Morgan fingerprint density at radius 3 is 2.88 bits per heavy atom. The highest BCUT2D eigenvalue weighted by atomic mass is 32.2. The molecule has 2 nitrogen and oxygen atoms in total. The summed E-state index contributed by atoms with van der Waals surface area (Å²) in [5.74, 6) is 2.05. The minimum atomic E-state index is 0.453. The number of hydrogen-bond donors (Lipinski definition) is 1. The quantitative estimate of drug-likeness (QED) is 0.664. The Hall–Kier alpha value is -0.610. The fraction of sp³-hybridized carbons (Fsp3) is 0.417. The van der Waals surface area contributed by atoms with Gasteiger partial charge in [0.25, 0.3) is 5.22 Å². The lowest BCUT2D eigenvalue weighted by Crippen LogP contribution is -2.05. The molecular weight excluding hydrogens is 238 g/mol. The first kappa shape index (κ1) is 10.5. The molecular formula is C12H13NOS2. The van der Waals surface area contributed by atoms with E-state index in [1.165, 1.54) is 12.8 Å². The van der Waals surface area contributed by atoms with E-state index in [0.29, 0.717) is 5.41 Å². The third-order valence-electron chi connectivity index (χ3n) is 3.07. The van der Waals surface area contributed by atoms with Crippen molar-refractivity contribution < 1.29 is 4.42 Å². The number of thioether (sulfide) groups is 1. The Morgan fingerprint density at radius 1 is 1.38 bits per heavy atom. The number of aromatic nitrogens is 1. The molecule has 3 rings (SSSR count). The molecule has 1 fully saturated rings. The van der Waals surface area contributed by atoms with Gasteiger partial charge in [-0.15, -0.1) is 0 Å². The van der Waals surface area contributed by atoms with Gasteiger partial charge in [-0.2, -0.15) is 12.6 Å². The minimum absolute atomic E-state index is 0.453. The standard InChI is InChI=1S/C12H13NOS2/c15-7-12(5-6-12)8-16-11-13-9-3-1-2-4-10(9)14-11/h1-4,15H,5-8H2. The summed E-state index contributed by atoms with van der Waals surface area (Å²) in [5, 5.41) is 0.786. The van der Waals surface area contributed by atoms with Crippen LogP contribution in [0.1, 0.15) is 12.8 Å². The second kappa shape index (κ2) is 4.00. The molecule has 0 N–H and O–H groups in total. The molecule has 0 unspecified atom stereocenters. The summed E-state index contributed by atoms with van der Waals surface area (Å²) in [6.07, 6.45) is 2.59. The van der Waals surface area contributed by atoms with E-state index in [4.69, 9.17) is 4.42 Å². The maximum Gasteiger partial charge on any atom is 0.256 e. The second-order valence-corrected chi connectivity index (χ2v) is 5.64. The summed E-state index contributed by atoms with van der Waals surface area (Å²) >= 11 is 6.11. The lowest BCUT2D eigenvalue weighted by atomic mass is 10.2. The molecule has 0 aliphatic heterocycles. The van der Waals surface area contributed by atoms with Crippen molar-refractivity contribution in [3.63, 3.8) is 0 Å². The topological polar surface area (TPSA) is 26.0 Å². The van der Waals surface area contributed by atoms with E-state index in [9.17, 15) is 0 Å². The fourth-order valence-electron chi connectivity index (χ4n) is 1.65. The summed E-state index contributed by atoms with van der Waals surface area (Å²) in [7, 11) is 0. The van der Waals surface area contributed by atoms with Gasteiger partial charge >= 0.3 is 0 Å². The summed E-state index contributed by atoms with van der Waals surface area (Å²) in [6, 6.07) is 7.89. The molecule has 1 saturated carbocycles. The number of hydrogen-bond acceptors (Lipinski definition) is 4. The van der Waals surface area contributed by atoms with Gasteiger partial charge in [-0.05, 0) is 36.1 Å². The van der Waals surface area contributed by atoms with Crippen LogP contribution in [0.15, 0.2) is 33.9 Å². The highest BCUT2D eigenvalue weighted by Gasteiger charge is 2.41. The average Bonchev–Trinajstić information content (AvgIpc) is 2.98. The molecule has 4 heteroatoms. The van der Waals surface area contributed by atoms with Gasteiger partial charge in [0, 0.05) is 5.75 Å². The summed E-state index contributed by atoms with van der Waals surface area (Å²) in [4.78, 5) is 4.45. The molecule has 84 valence electrons. The molecule has 1 aliphatic rings. The Morgan fingerprint density at radius 2 is 2.19 bits per heavy atom. The van der Waals surface area contributed by atoms with Gasteiger partial charge in [-0.25, -0.2) is 4.98 Å². The molecule has 0 radical (unpaired) electrons. The molecule has 1 aromatic heterocycles. The van der Waals surface area contributed by atoms with Crippen molar-refractivity contribution in [2.45, 2.75) is 18.1 Å². The summed E-state index contributed by atoms with van der Waals surface area (Å²) in [5.41, 5.74) is 2.27. The van der Waals surface area contributed by atoms with Crippen LogP contribution in [0.4, 0.5) is 0 Å². The number of fused-ring (bicyclic) bond motifs is 1.